The third kappa shape index (κ3) is 7.38. The Kier molecular flexibility index (Phi) is 7.60. The summed E-state index contributed by atoms with van der Waals surface area (Å²) < 4.78 is 26.3. The molecule has 1 rings (SSSR count). The summed E-state index contributed by atoms with van der Waals surface area (Å²) in [6, 6.07) is 0. The molecule has 120 valence electrons. The number of nitrogens with two attached hydrogens (primary N) is 1. The molecule has 6 nitrogen and oxygen atoms in total. The second-order valence-corrected chi connectivity index (χ2v) is 7.16. The van der Waals surface area contributed by atoms with Gasteiger partial charge in [0.2, 0.25) is 10.0 Å². The van der Waals surface area contributed by atoms with E-state index in [1.54, 1.807) is 13.1 Å². The molecule has 0 bridgehead atoms. The lowest BCUT2D eigenvalue weighted by Crippen LogP contribution is -2.26. The molecule has 1 aromatic rings. The highest BCUT2D eigenvalue weighted by Gasteiger charge is 2.11. The lowest BCUT2D eigenvalue weighted by atomic mass is 10.1. The van der Waals surface area contributed by atoms with Crippen LogP contribution >= 0.6 is 0 Å². The van der Waals surface area contributed by atoms with Crippen LogP contribution in [0.25, 0.3) is 0 Å². The molecule has 0 saturated heterocycles. The predicted molar refractivity (Wildman–Crippen MR) is 85.2 cm³/mol. The molecule has 0 unspecified atom stereocenters. The van der Waals surface area contributed by atoms with Gasteiger partial charge in [0.1, 0.15) is 11.6 Å². The third-order valence-electron chi connectivity index (χ3n) is 3.27. The van der Waals surface area contributed by atoms with Gasteiger partial charge < -0.3 is 5.73 Å². The highest BCUT2D eigenvalue weighted by atomic mass is 32.2. The van der Waals surface area contributed by atoms with Crippen molar-refractivity contribution in [2.45, 2.75) is 58.9 Å². The van der Waals surface area contributed by atoms with Crippen LogP contribution in [-0.4, -0.2) is 24.1 Å². The van der Waals surface area contributed by atoms with Gasteiger partial charge in [0.25, 0.3) is 0 Å². The van der Waals surface area contributed by atoms with Crippen molar-refractivity contribution in [2.75, 3.05) is 11.5 Å². The lowest BCUT2D eigenvalue weighted by Gasteiger charge is -2.08. The van der Waals surface area contributed by atoms with Crippen molar-refractivity contribution in [3.63, 3.8) is 0 Å². The normalized spacial score (nSPS) is 11.7. The predicted octanol–water partition coefficient (Wildman–Crippen LogP) is 2.15. The summed E-state index contributed by atoms with van der Waals surface area (Å²) in [5.41, 5.74) is 6.34. The Morgan fingerprint density at radius 2 is 1.86 bits per heavy atom. The summed E-state index contributed by atoms with van der Waals surface area (Å²) in [4.78, 5) is 8.03. The van der Waals surface area contributed by atoms with Crippen molar-refractivity contribution in [3.05, 3.63) is 17.6 Å². The average molecular weight is 314 g/mol. The number of unbranched alkanes of at least 4 members (excludes halogenated alkanes) is 5. The van der Waals surface area contributed by atoms with Crippen LogP contribution in [0, 0.1) is 6.92 Å². The number of hydrogen-bond donors (Lipinski definition) is 2. The van der Waals surface area contributed by atoms with Crippen LogP contribution in [0.3, 0.4) is 0 Å². The minimum absolute atomic E-state index is 0.143. The van der Waals surface area contributed by atoms with E-state index in [0.29, 0.717) is 23.6 Å². The fraction of sp³-hybridized carbons (Fsp3) is 0.714. The Morgan fingerprint density at radius 3 is 2.52 bits per heavy atom. The quantitative estimate of drug-likeness (QED) is 0.645. The van der Waals surface area contributed by atoms with E-state index in [0.717, 1.165) is 12.8 Å². The van der Waals surface area contributed by atoms with Crippen molar-refractivity contribution in [1.82, 2.24) is 14.7 Å². The first-order valence-corrected chi connectivity index (χ1v) is 9.15. The van der Waals surface area contributed by atoms with Crippen LogP contribution in [0.1, 0.15) is 56.8 Å². The van der Waals surface area contributed by atoms with Crippen LogP contribution in [0.15, 0.2) is 6.20 Å². The Bertz CT molecular complexity index is 532. The highest BCUT2D eigenvalue weighted by molar-refractivity contribution is 7.89. The van der Waals surface area contributed by atoms with Crippen LogP contribution in [0.2, 0.25) is 0 Å². The van der Waals surface area contributed by atoms with E-state index in [1.807, 2.05) is 0 Å². The van der Waals surface area contributed by atoms with Crippen LogP contribution in [-0.2, 0) is 16.6 Å². The Morgan fingerprint density at radius 1 is 1.19 bits per heavy atom. The minimum atomic E-state index is -3.26. The molecule has 0 aromatic carbocycles. The number of aromatic nitrogens is 2. The Hall–Kier alpha value is -1.21. The molecule has 0 radical (unpaired) electrons. The van der Waals surface area contributed by atoms with Crippen LogP contribution < -0.4 is 10.5 Å². The van der Waals surface area contributed by atoms with E-state index in [4.69, 9.17) is 5.73 Å². The summed E-state index contributed by atoms with van der Waals surface area (Å²) in [7, 11) is -3.26. The summed E-state index contributed by atoms with van der Waals surface area (Å²) in [5, 5.41) is 0. The van der Waals surface area contributed by atoms with E-state index in [-0.39, 0.29) is 12.3 Å². The van der Waals surface area contributed by atoms with Crippen LogP contribution in [0.4, 0.5) is 5.82 Å². The molecule has 1 heterocycles. The largest absolute Gasteiger partial charge is 0.383 e. The number of sulfonamides is 1. The molecule has 0 aliphatic carbocycles. The topological polar surface area (TPSA) is 98.0 Å². The average Bonchev–Trinajstić information content (AvgIpc) is 2.42. The van der Waals surface area contributed by atoms with Gasteiger partial charge in [-0.3, -0.25) is 0 Å². The van der Waals surface area contributed by atoms with Crippen molar-refractivity contribution in [3.8, 4) is 0 Å². The third-order valence-corrected chi connectivity index (χ3v) is 4.68. The molecule has 0 aliphatic heterocycles. The van der Waals surface area contributed by atoms with Crippen LogP contribution in [0.5, 0.6) is 0 Å². The molecule has 0 saturated carbocycles. The van der Waals surface area contributed by atoms with E-state index < -0.39 is 10.0 Å². The Labute approximate surface area is 127 Å². The number of nitrogens with one attached hydrogen (secondary N) is 1. The number of nitrogen functional groups attached to an aromatic ring is 1. The minimum Gasteiger partial charge on any atom is -0.383 e. The Balaban J connectivity index is 2.32. The SMILES string of the molecule is CCCCCCCCS(=O)(=O)NCc1cnc(C)nc1N. The second-order valence-electron chi connectivity index (χ2n) is 5.24. The molecule has 21 heavy (non-hydrogen) atoms. The van der Waals surface area contributed by atoms with E-state index >= 15 is 0 Å². The van der Waals surface area contributed by atoms with Gasteiger partial charge in [-0.05, 0) is 13.3 Å². The monoisotopic (exact) mass is 314 g/mol. The zero-order chi connectivity index (χ0) is 15.7. The second kappa shape index (κ2) is 8.94. The lowest BCUT2D eigenvalue weighted by molar-refractivity contribution is 0.570. The van der Waals surface area contributed by atoms with E-state index in [1.165, 1.54) is 19.3 Å². The molecule has 1 aromatic heterocycles. The summed E-state index contributed by atoms with van der Waals surface area (Å²) >= 11 is 0. The van der Waals surface area contributed by atoms with Gasteiger partial charge in [0, 0.05) is 18.3 Å². The van der Waals surface area contributed by atoms with Gasteiger partial charge in [-0.15, -0.1) is 0 Å². The smallest absolute Gasteiger partial charge is 0.211 e. The van der Waals surface area contributed by atoms with E-state index in [2.05, 4.69) is 21.6 Å². The maximum absolute atomic E-state index is 11.9. The fourth-order valence-electron chi connectivity index (χ4n) is 1.98. The first-order valence-electron chi connectivity index (χ1n) is 7.50. The molecular weight excluding hydrogens is 288 g/mol. The summed E-state index contributed by atoms with van der Waals surface area (Å²) in [6.45, 7) is 4.04. The zero-order valence-electron chi connectivity index (χ0n) is 12.9. The van der Waals surface area contributed by atoms with Crippen molar-refractivity contribution in [2.24, 2.45) is 0 Å². The number of rotatable bonds is 10. The highest BCUT2D eigenvalue weighted by Crippen LogP contribution is 2.09. The van der Waals surface area contributed by atoms with Gasteiger partial charge in [-0.2, -0.15) is 0 Å². The molecule has 0 aliphatic rings. The summed E-state index contributed by atoms with van der Waals surface area (Å²) in [6.07, 6.45) is 7.90. The van der Waals surface area contributed by atoms with Gasteiger partial charge >= 0.3 is 0 Å². The van der Waals surface area contributed by atoms with Gasteiger partial charge in [-0.25, -0.2) is 23.1 Å². The molecule has 0 fully saturated rings. The molecule has 0 spiro atoms. The van der Waals surface area contributed by atoms with Crippen molar-refractivity contribution in [1.29, 1.82) is 0 Å². The van der Waals surface area contributed by atoms with Crippen molar-refractivity contribution >= 4 is 15.8 Å². The number of hydrogen-bond acceptors (Lipinski definition) is 5. The molecule has 7 heteroatoms. The number of anilines is 1. The molecule has 0 amide bonds. The first kappa shape index (κ1) is 17.8. The zero-order valence-corrected chi connectivity index (χ0v) is 13.7. The molecule has 0 atom stereocenters. The van der Waals surface area contributed by atoms with Gasteiger partial charge in [0.05, 0.1) is 5.75 Å². The van der Waals surface area contributed by atoms with Crippen molar-refractivity contribution < 1.29 is 8.42 Å². The maximum atomic E-state index is 11.9. The fourth-order valence-corrected chi connectivity index (χ4v) is 3.08. The summed E-state index contributed by atoms with van der Waals surface area (Å²) in [5.74, 6) is 1.06. The molecular formula is C14H26N4O2S. The van der Waals surface area contributed by atoms with Gasteiger partial charge in [0.15, 0.2) is 0 Å². The van der Waals surface area contributed by atoms with E-state index in [9.17, 15) is 8.42 Å². The number of nitrogens with zero attached hydrogens (tertiary/aromatic N) is 2. The first-order chi connectivity index (χ1) is 9.94. The molecule has 3 N–H and O–H groups in total. The number of aryl methyl sites for hydroxylation is 1. The standard InChI is InChI=1S/C14H26N4O2S/c1-3-4-5-6-7-8-9-21(19,20)17-11-13-10-16-12(2)18-14(13)15/h10,17H,3-9,11H2,1-2H3,(H2,15,16,18). The van der Waals surface area contributed by atoms with Gasteiger partial charge in [-0.1, -0.05) is 39.0 Å². The maximum Gasteiger partial charge on any atom is 0.211 e.